The van der Waals surface area contributed by atoms with E-state index < -0.39 is 5.92 Å². The molecular formula is C22H21ClO2. The fraction of sp³-hybridized carbons (Fsp3) is 0.364. The summed E-state index contributed by atoms with van der Waals surface area (Å²) in [5.41, 5.74) is 5.08. The lowest BCUT2D eigenvalue weighted by molar-refractivity contribution is -0.135. The molecule has 0 amide bonds. The van der Waals surface area contributed by atoms with Crippen molar-refractivity contribution in [3.63, 3.8) is 0 Å². The van der Waals surface area contributed by atoms with E-state index in [2.05, 4.69) is 0 Å². The van der Waals surface area contributed by atoms with Gasteiger partial charge in [0.05, 0.1) is 0 Å². The fourth-order valence-corrected chi connectivity index (χ4v) is 4.61. The van der Waals surface area contributed by atoms with Gasteiger partial charge in [0.15, 0.2) is 11.6 Å². The van der Waals surface area contributed by atoms with Gasteiger partial charge in [-0.2, -0.15) is 0 Å². The van der Waals surface area contributed by atoms with Gasteiger partial charge < -0.3 is 0 Å². The summed E-state index contributed by atoms with van der Waals surface area (Å²) in [6, 6.07) is 11.9. The minimum Gasteiger partial charge on any atom is -0.298 e. The van der Waals surface area contributed by atoms with Gasteiger partial charge in [0.2, 0.25) is 0 Å². The Bertz CT molecular complexity index is 862. The second-order valence-corrected chi connectivity index (χ2v) is 7.91. The van der Waals surface area contributed by atoms with Crippen LogP contribution >= 0.6 is 11.6 Å². The van der Waals surface area contributed by atoms with Crippen molar-refractivity contribution in [3.8, 4) is 11.1 Å². The number of benzene rings is 2. The highest BCUT2D eigenvalue weighted by Crippen LogP contribution is 2.45. The maximum Gasteiger partial charge on any atom is 0.150 e. The second kappa shape index (κ2) is 6.10. The van der Waals surface area contributed by atoms with E-state index >= 15 is 0 Å². The van der Waals surface area contributed by atoms with Crippen molar-refractivity contribution in [3.05, 3.63) is 58.1 Å². The van der Waals surface area contributed by atoms with Gasteiger partial charge in [-0.25, -0.2) is 0 Å². The highest BCUT2D eigenvalue weighted by atomic mass is 35.5. The quantitative estimate of drug-likeness (QED) is 0.689. The standard InChI is InChI=1S/C22H21ClO2/c1-12-4-8-17(23)11-18(12)14-5-3-13(2)19(10-14)20-21(24)15-6-7-16(9-15)22(20)25/h3-5,8,10-11,15-16,20H,6-7,9H2,1-2H3/t15-,16+,20?. The monoisotopic (exact) mass is 352 g/mol. The lowest BCUT2D eigenvalue weighted by Crippen LogP contribution is -2.35. The van der Waals surface area contributed by atoms with Gasteiger partial charge in [0.25, 0.3) is 0 Å². The number of carbonyl (C=O) groups is 2. The summed E-state index contributed by atoms with van der Waals surface area (Å²) in [7, 11) is 0. The normalized spacial score (nSPS) is 25.5. The molecule has 2 aromatic carbocycles. The Morgan fingerprint density at radius 3 is 2.20 bits per heavy atom. The molecule has 4 rings (SSSR count). The van der Waals surface area contributed by atoms with Gasteiger partial charge in [-0.1, -0.05) is 29.8 Å². The van der Waals surface area contributed by atoms with E-state index in [9.17, 15) is 9.59 Å². The number of fused-ring (bicyclic) bond motifs is 2. The Labute approximate surface area is 153 Å². The third kappa shape index (κ3) is 2.73. The Morgan fingerprint density at radius 1 is 0.880 bits per heavy atom. The Kier molecular flexibility index (Phi) is 4.04. The SMILES string of the molecule is Cc1ccc(Cl)cc1-c1ccc(C)c(C2C(=O)[C@@H]3CC[C@@H](C3)C2=O)c1. The molecule has 2 aliphatic carbocycles. The number of Topliss-reactive ketones (excluding diaryl/α,β-unsaturated/α-hetero) is 2. The van der Waals surface area contributed by atoms with Crippen molar-refractivity contribution in [1.82, 2.24) is 0 Å². The average Bonchev–Trinajstić information content (AvgIpc) is 3.04. The van der Waals surface area contributed by atoms with Gasteiger partial charge in [-0.3, -0.25) is 9.59 Å². The first kappa shape index (κ1) is 16.5. The third-order valence-corrected chi connectivity index (χ3v) is 6.14. The van der Waals surface area contributed by atoms with Crippen LogP contribution < -0.4 is 0 Å². The number of hydrogen-bond donors (Lipinski definition) is 0. The van der Waals surface area contributed by atoms with E-state index in [0.29, 0.717) is 5.02 Å². The highest BCUT2D eigenvalue weighted by Gasteiger charge is 2.47. The highest BCUT2D eigenvalue weighted by molar-refractivity contribution is 6.30. The summed E-state index contributed by atoms with van der Waals surface area (Å²) in [6.07, 6.45) is 2.51. The molecule has 2 bridgehead atoms. The molecule has 2 saturated carbocycles. The topological polar surface area (TPSA) is 34.1 Å². The largest absolute Gasteiger partial charge is 0.298 e. The average molecular weight is 353 g/mol. The summed E-state index contributed by atoms with van der Waals surface area (Å²) in [5.74, 6) is -0.179. The van der Waals surface area contributed by atoms with Crippen LogP contribution in [0.2, 0.25) is 5.02 Å². The van der Waals surface area contributed by atoms with Crippen LogP contribution in [0.1, 0.15) is 41.9 Å². The summed E-state index contributed by atoms with van der Waals surface area (Å²) in [4.78, 5) is 25.7. The van der Waals surface area contributed by atoms with Crippen LogP contribution in [0, 0.1) is 25.7 Å². The van der Waals surface area contributed by atoms with Crippen molar-refractivity contribution in [1.29, 1.82) is 0 Å². The third-order valence-electron chi connectivity index (χ3n) is 5.91. The first-order valence-electron chi connectivity index (χ1n) is 8.90. The minimum atomic E-state index is -0.578. The maximum absolute atomic E-state index is 12.9. The van der Waals surface area contributed by atoms with E-state index in [1.54, 1.807) is 0 Å². The molecule has 1 unspecified atom stereocenters. The van der Waals surface area contributed by atoms with E-state index in [0.717, 1.165) is 47.1 Å². The van der Waals surface area contributed by atoms with Crippen LogP contribution in [0.15, 0.2) is 36.4 Å². The first-order chi connectivity index (χ1) is 12.0. The van der Waals surface area contributed by atoms with Gasteiger partial charge in [-0.15, -0.1) is 0 Å². The molecule has 0 aromatic heterocycles. The fourth-order valence-electron chi connectivity index (χ4n) is 4.44. The molecule has 2 aliphatic rings. The first-order valence-corrected chi connectivity index (χ1v) is 9.28. The second-order valence-electron chi connectivity index (χ2n) is 7.48. The molecule has 0 aliphatic heterocycles. The van der Waals surface area contributed by atoms with Crippen LogP contribution in [0.4, 0.5) is 0 Å². The van der Waals surface area contributed by atoms with Crippen molar-refractivity contribution < 1.29 is 9.59 Å². The van der Waals surface area contributed by atoms with E-state index in [1.807, 2.05) is 50.2 Å². The van der Waals surface area contributed by atoms with Crippen molar-refractivity contribution >= 4 is 23.2 Å². The summed E-state index contributed by atoms with van der Waals surface area (Å²) in [5, 5.41) is 0.686. The lowest BCUT2D eigenvalue weighted by Gasteiger charge is -2.27. The number of ketones is 2. The maximum atomic E-state index is 12.9. The van der Waals surface area contributed by atoms with Crippen LogP contribution in [-0.2, 0) is 9.59 Å². The molecule has 0 heterocycles. The van der Waals surface area contributed by atoms with Gasteiger partial charge in [0.1, 0.15) is 5.92 Å². The zero-order valence-electron chi connectivity index (χ0n) is 14.5. The molecule has 0 spiro atoms. The molecule has 0 N–H and O–H groups in total. The molecule has 3 atom stereocenters. The molecule has 3 heteroatoms. The predicted octanol–water partition coefficient (Wildman–Crippen LogP) is 5.28. The van der Waals surface area contributed by atoms with Gasteiger partial charge >= 0.3 is 0 Å². The summed E-state index contributed by atoms with van der Waals surface area (Å²) in [6.45, 7) is 4.03. The molecule has 0 radical (unpaired) electrons. The van der Waals surface area contributed by atoms with Crippen molar-refractivity contribution in [2.24, 2.45) is 11.8 Å². The minimum absolute atomic E-state index is 0.0728. The van der Waals surface area contributed by atoms with Crippen molar-refractivity contribution in [2.45, 2.75) is 39.0 Å². The number of aryl methyl sites for hydroxylation is 2. The van der Waals surface area contributed by atoms with Crippen LogP contribution in [0.3, 0.4) is 0 Å². The van der Waals surface area contributed by atoms with Gasteiger partial charge in [-0.05, 0) is 79.1 Å². The van der Waals surface area contributed by atoms with Crippen LogP contribution in [0.5, 0.6) is 0 Å². The summed E-state index contributed by atoms with van der Waals surface area (Å²) < 4.78 is 0. The van der Waals surface area contributed by atoms with E-state index in [-0.39, 0.29) is 23.4 Å². The van der Waals surface area contributed by atoms with E-state index in [1.165, 1.54) is 0 Å². The Morgan fingerprint density at radius 2 is 1.52 bits per heavy atom. The molecule has 2 fully saturated rings. The number of carbonyl (C=O) groups excluding carboxylic acids is 2. The molecule has 2 nitrogen and oxygen atoms in total. The number of halogens is 1. The summed E-state index contributed by atoms with van der Waals surface area (Å²) >= 11 is 6.17. The molecule has 25 heavy (non-hydrogen) atoms. The molecular weight excluding hydrogens is 332 g/mol. The predicted molar refractivity (Wildman–Crippen MR) is 99.9 cm³/mol. The number of hydrogen-bond acceptors (Lipinski definition) is 2. The Hall–Kier alpha value is -1.93. The molecule has 128 valence electrons. The lowest BCUT2D eigenvalue weighted by atomic mass is 9.74. The molecule has 2 aromatic rings. The van der Waals surface area contributed by atoms with E-state index in [4.69, 9.17) is 11.6 Å². The number of rotatable bonds is 2. The van der Waals surface area contributed by atoms with Crippen molar-refractivity contribution in [2.75, 3.05) is 0 Å². The van der Waals surface area contributed by atoms with Gasteiger partial charge in [0, 0.05) is 16.9 Å². The van der Waals surface area contributed by atoms with Crippen LogP contribution in [0.25, 0.3) is 11.1 Å². The zero-order chi connectivity index (χ0) is 17.7. The van der Waals surface area contributed by atoms with Crippen LogP contribution in [-0.4, -0.2) is 11.6 Å². The zero-order valence-corrected chi connectivity index (χ0v) is 15.3. The molecule has 0 saturated heterocycles. The smallest absolute Gasteiger partial charge is 0.150 e. The Balaban J connectivity index is 1.82.